The van der Waals surface area contributed by atoms with Gasteiger partial charge >= 0.3 is 11.4 Å². The minimum Gasteiger partial charge on any atom is -0.352 e. The molecule has 2 amide bonds. The Morgan fingerprint density at radius 3 is 1.79 bits per heavy atom. The monoisotopic (exact) mass is 1100 g/mol. The number of aromatic nitrogens is 8. The first-order valence-electron chi connectivity index (χ1n) is 27.5. The largest absolute Gasteiger partial charge is 0.352 e. The highest BCUT2D eigenvalue weighted by Gasteiger charge is 2.28. The van der Waals surface area contributed by atoms with Crippen molar-refractivity contribution < 1.29 is 9.59 Å². The molecular weight excluding hydrogens is 1040 g/mol. The van der Waals surface area contributed by atoms with Crippen LogP contribution in [0.25, 0.3) is 33.1 Å². The number of fused-ring (bicyclic) bond motifs is 4. The number of nitrogens with one attached hydrogen (secondary N) is 2. The van der Waals surface area contributed by atoms with Gasteiger partial charge in [0, 0.05) is 54.6 Å². The third-order valence-electron chi connectivity index (χ3n) is 15.7. The van der Waals surface area contributed by atoms with Gasteiger partial charge in [-0.3, -0.25) is 55.8 Å². The van der Waals surface area contributed by atoms with Gasteiger partial charge in [-0.1, -0.05) is 99.1 Å². The lowest BCUT2D eigenvalue weighted by molar-refractivity contribution is -0.126. The highest BCUT2D eigenvalue weighted by atomic mass is 16.2. The van der Waals surface area contributed by atoms with Crippen molar-refractivity contribution in [1.29, 1.82) is 0 Å². The summed E-state index contributed by atoms with van der Waals surface area (Å²) in [5, 5.41) is 6.95. The minimum atomic E-state index is -0.503. The van der Waals surface area contributed by atoms with Crippen LogP contribution in [-0.2, 0) is 37.5 Å². The van der Waals surface area contributed by atoms with E-state index in [0.717, 1.165) is 55.3 Å². The molecule has 12 rings (SSSR count). The van der Waals surface area contributed by atoms with E-state index in [1.54, 1.807) is 103 Å². The molecule has 2 saturated carbocycles. The zero-order valence-electron chi connectivity index (χ0n) is 44.8. The van der Waals surface area contributed by atoms with Crippen molar-refractivity contribution in [1.82, 2.24) is 47.7 Å². The Hall–Kier alpha value is -9.58. The van der Waals surface area contributed by atoms with Crippen molar-refractivity contribution in [2.24, 2.45) is 11.8 Å². The number of carbonyl (C=O) groups is 2. The molecule has 6 aromatic heterocycles. The van der Waals surface area contributed by atoms with Crippen LogP contribution in [0.4, 0.5) is 0 Å². The first-order chi connectivity index (χ1) is 39.4. The van der Waals surface area contributed by atoms with E-state index in [1.807, 2.05) is 49.4 Å². The van der Waals surface area contributed by atoms with Gasteiger partial charge in [0.15, 0.2) is 0 Å². The van der Waals surface area contributed by atoms with E-state index in [4.69, 9.17) is 0 Å². The summed E-state index contributed by atoms with van der Waals surface area (Å²) in [5.74, 6) is -0.0275. The molecule has 0 spiro atoms. The maximum Gasteiger partial charge on any atom is 0.332 e. The van der Waals surface area contributed by atoms with Gasteiger partial charge in [0.1, 0.15) is 11.3 Å². The van der Waals surface area contributed by atoms with Crippen LogP contribution < -0.4 is 44.3 Å². The predicted octanol–water partition coefficient (Wildman–Crippen LogP) is 7.23. The van der Waals surface area contributed by atoms with Gasteiger partial charge < -0.3 is 10.6 Å². The first kappa shape index (κ1) is 55.7. The van der Waals surface area contributed by atoms with Crippen LogP contribution in [0.1, 0.15) is 97.4 Å². The van der Waals surface area contributed by atoms with E-state index in [2.05, 4.69) is 20.6 Å². The van der Waals surface area contributed by atoms with Crippen molar-refractivity contribution >= 4 is 44.9 Å². The van der Waals surface area contributed by atoms with Crippen LogP contribution in [0.3, 0.4) is 0 Å². The summed E-state index contributed by atoms with van der Waals surface area (Å²) in [6.45, 7) is 2.76. The maximum absolute atomic E-state index is 13.8. The van der Waals surface area contributed by atoms with Crippen LogP contribution in [-0.4, -0.2) is 54.9 Å². The lowest BCUT2D eigenvalue weighted by atomic mass is 9.81. The molecular formula is C64H64N10O8. The molecule has 0 atom stereocenters. The zero-order chi connectivity index (χ0) is 56.1. The van der Waals surface area contributed by atoms with Gasteiger partial charge in [-0.05, 0) is 123 Å². The molecule has 2 aliphatic rings. The highest BCUT2D eigenvalue weighted by molar-refractivity contribution is 5.94. The highest BCUT2D eigenvalue weighted by Crippen LogP contribution is 2.30. The van der Waals surface area contributed by atoms with Gasteiger partial charge in [0.05, 0.1) is 52.8 Å². The number of benzene rings is 4. The van der Waals surface area contributed by atoms with E-state index in [9.17, 15) is 38.4 Å². The lowest BCUT2D eigenvalue weighted by Crippen LogP contribution is -2.42. The van der Waals surface area contributed by atoms with Crippen molar-refractivity contribution in [2.45, 2.75) is 104 Å². The molecule has 418 valence electrons. The molecule has 6 heterocycles. The summed E-state index contributed by atoms with van der Waals surface area (Å²) in [7, 11) is 0. The summed E-state index contributed by atoms with van der Waals surface area (Å²) in [4.78, 5) is 114. The SMILES string of the molecule is C.Cc1cccc2nc(Cn3c(=O)n(CC4CCC(C(=O)NCc5ccccc5)CC4)c(=O)c4ccccc43)cc(=O)n12.O=C(NC1CCCC1)c1ccc(Cn2c(=O)c3ccccc3n(Cc3cc(=O)n4ccccc4n3)c2=O)cc1. The molecule has 2 aliphatic carbocycles. The van der Waals surface area contributed by atoms with Crippen LogP contribution in [0, 0.1) is 18.8 Å². The molecule has 4 aromatic carbocycles. The quantitative estimate of drug-likeness (QED) is 0.118. The average molecular weight is 1100 g/mol. The number of para-hydroxylation sites is 2. The van der Waals surface area contributed by atoms with Gasteiger partial charge in [-0.15, -0.1) is 0 Å². The Morgan fingerprint density at radius 1 is 0.549 bits per heavy atom. The maximum atomic E-state index is 13.8. The average Bonchev–Trinajstić information content (AvgIpc) is 4.06. The summed E-state index contributed by atoms with van der Waals surface area (Å²) >= 11 is 0. The number of aryl methyl sites for hydroxylation is 1. The Labute approximate surface area is 470 Å². The second kappa shape index (κ2) is 24.4. The van der Waals surface area contributed by atoms with Crippen molar-refractivity contribution in [3.05, 3.63) is 254 Å². The second-order valence-corrected chi connectivity index (χ2v) is 21.1. The van der Waals surface area contributed by atoms with Crippen molar-refractivity contribution in [3.8, 4) is 0 Å². The smallest absolute Gasteiger partial charge is 0.332 e. The van der Waals surface area contributed by atoms with E-state index in [-0.39, 0.29) is 80.0 Å². The van der Waals surface area contributed by atoms with E-state index in [1.165, 1.54) is 39.2 Å². The second-order valence-electron chi connectivity index (χ2n) is 21.1. The Balaban J connectivity index is 0.000000182. The topological polar surface area (TPSA) is 215 Å². The number of hydrogen-bond donors (Lipinski definition) is 2. The number of nitrogens with zero attached hydrogens (tertiary/aromatic N) is 8. The summed E-state index contributed by atoms with van der Waals surface area (Å²) in [6, 6.07) is 44.5. The molecule has 10 aromatic rings. The molecule has 0 radical (unpaired) electrons. The summed E-state index contributed by atoms with van der Waals surface area (Å²) < 4.78 is 8.48. The number of hydrogen-bond acceptors (Lipinski definition) is 10. The van der Waals surface area contributed by atoms with Crippen LogP contribution in [0.2, 0.25) is 0 Å². The lowest BCUT2D eigenvalue weighted by Gasteiger charge is -2.28. The Kier molecular flexibility index (Phi) is 16.6. The van der Waals surface area contributed by atoms with Gasteiger partial charge in [-0.25, -0.2) is 19.6 Å². The molecule has 82 heavy (non-hydrogen) atoms. The Morgan fingerprint density at radius 2 is 1.12 bits per heavy atom. The van der Waals surface area contributed by atoms with Crippen molar-refractivity contribution in [2.75, 3.05) is 0 Å². The van der Waals surface area contributed by atoms with E-state index >= 15 is 0 Å². The first-order valence-corrected chi connectivity index (χ1v) is 27.5. The normalized spacial score (nSPS) is 15.2. The fourth-order valence-corrected chi connectivity index (χ4v) is 11.4. The van der Waals surface area contributed by atoms with Crippen LogP contribution in [0.15, 0.2) is 187 Å². The molecule has 0 saturated heterocycles. The fraction of sp³-hybridized carbons (Fsp3) is 0.281. The standard InChI is InChI=1S/C33H33N5O4.C30H27N5O4.CH4/c1-22-8-7-13-29-35-26(18-30(39)38(22)29)21-36-28-12-6-5-11-27(28)32(41)37(33(36)42)20-24-14-16-25(17-15-24)31(40)34-19-23-9-3-2-4-10-23;36-27-17-23(31-26-11-5-6-16-33(26)27)19-34-25-10-4-3-9-24(25)29(38)35(30(34)39)18-20-12-14-21(15-13-20)28(37)32-22-7-1-2-8-22;/h2-13,18,24-25H,14-17,19-21H2,1H3,(H,34,40);3-6,9-17,22H,1-2,7-8,18-19H2,(H,32,37);1H4. The third-order valence-corrected chi connectivity index (χ3v) is 15.7. The molecule has 18 nitrogen and oxygen atoms in total. The minimum absolute atomic E-state index is 0. The molecule has 2 fully saturated rings. The summed E-state index contributed by atoms with van der Waals surface area (Å²) in [5.41, 5.74) is 3.80. The van der Waals surface area contributed by atoms with Gasteiger partial charge in [-0.2, -0.15) is 0 Å². The third kappa shape index (κ3) is 11.8. The molecule has 0 bridgehead atoms. The predicted molar refractivity (Wildman–Crippen MR) is 317 cm³/mol. The number of rotatable bonds is 13. The molecule has 2 N–H and O–H groups in total. The van der Waals surface area contributed by atoms with E-state index < -0.39 is 16.9 Å². The van der Waals surface area contributed by atoms with Crippen LogP contribution >= 0.6 is 0 Å². The molecule has 18 heteroatoms. The Bertz CT molecular complexity index is 4390. The van der Waals surface area contributed by atoms with Gasteiger partial charge in [0.2, 0.25) is 5.91 Å². The molecule has 0 aliphatic heterocycles. The zero-order valence-corrected chi connectivity index (χ0v) is 44.8. The summed E-state index contributed by atoms with van der Waals surface area (Å²) in [6.07, 6.45) is 8.86. The number of pyridine rings is 2. The number of amides is 2. The van der Waals surface area contributed by atoms with Gasteiger partial charge in [0.25, 0.3) is 28.1 Å². The van der Waals surface area contributed by atoms with Crippen LogP contribution in [0.5, 0.6) is 0 Å². The van der Waals surface area contributed by atoms with E-state index in [0.29, 0.717) is 69.4 Å². The number of carbonyl (C=O) groups excluding carboxylic acids is 2. The molecule has 0 unspecified atom stereocenters. The fourth-order valence-electron chi connectivity index (χ4n) is 11.4. The van der Waals surface area contributed by atoms with Crippen molar-refractivity contribution in [3.63, 3.8) is 0 Å².